The van der Waals surface area contributed by atoms with E-state index in [1.165, 1.54) is 4.31 Å². The zero-order valence-corrected chi connectivity index (χ0v) is 16.4. The number of sulfonamides is 1. The van der Waals surface area contributed by atoms with Gasteiger partial charge in [-0.15, -0.1) is 0 Å². The van der Waals surface area contributed by atoms with Crippen LogP contribution in [0.2, 0.25) is 0 Å². The second kappa shape index (κ2) is 8.67. The van der Waals surface area contributed by atoms with E-state index in [1.807, 2.05) is 41.2 Å². The molecule has 0 radical (unpaired) electrons. The Morgan fingerprint density at radius 1 is 1.19 bits per heavy atom. The van der Waals surface area contributed by atoms with Crippen LogP contribution in [-0.4, -0.2) is 47.3 Å². The first-order valence-corrected chi connectivity index (χ1v) is 10.9. The number of aromatic nitrogens is 2. The van der Waals surface area contributed by atoms with Crippen LogP contribution in [0.5, 0.6) is 0 Å². The van der Waals surface area contributed by atoms with Crippen LogP contribution in [-0.2, 0) is 27.9 Å². The van der Waals surface area contributed by atoms with Crippen molar-refractivity contribution in [2.45, 2.75) is 32.9 Å². The molecule has 3 rings (SSSR count). The van der Waals surface area contributed by atoms with E-state index in [2.05, 4.69) is 10.4 Å². The predicted molar refractivity (Wildman–Crippen MR) is 103 cm³/mol. The Morgan fingerprint density at radius 3 is 2.44 bits per heavy atom. The highest BCUT2D eigenvalue weighted by Gasteiger charge is 2.29. The molecule has 0 unspecified atom stereocenters. The molecule has 2 aromatic rings. The summed E-state index contributed by atoms with van der Waals surface area (Å²) in [5.41, 5.74) is 2.19. The van der Waals surface area contributed by atoms with Gasteiger partial charge in [0, 0.05) is 37.9 Å². The molecule has 0 atom stereocenters. The third-order valence-corrected chi connectivity index (χ3v) is 6.86. The Balaban J connectivity index is 1.45. The minimum absolute atomic E-state index is 0.00386. The van der Waals surface area contributed by atoms with Crippen molar-refractivity contribution in [3.8, 4) is 0 Å². The van der Waals surface area contributed by atoms with E-state index in [-0.39, 0.29) is 17.6 Å². The summed E-state index contributed by atoms with van der Waals surface area (Å²) < 4.78 is 27.1. The van der Waals surface area contributed by atoms with Gasteiger partial charge in [-0.05, 0) is 37.0 Å². The van der Waals surface area contributed by atoms with Crippen molar-refractivity contribution in [1.29, 1.82) is 0 Å². The fourth-order valence-corrected chi connectivity index (χ4v) is 4.39. The first-order valence-electron chi connectivity index (χ1n) is 9.28. The Morgan fingerprint density at radius 2 is 1.85 bits per heavy atom. The number of piperidine rings is 1. The zero-order valence-electron chi connectivity index (χ0n) is 15.5. The van der Waals surface area contributed by atoms with Gasteiger partial charge in [-0.1, -0.05) is 24.3 Å². The average Bonchev–Trinajstić information content (AvgIpc) is 3.20. The second-order valence-corrected chi connectivity index (χ2v) is 9.07. The molecule has 0 saturated carbocycles. The highest BCUT2D eigenvalue weighted by Crippen LogP contribution is 2.20. The molecule has 1 saturated heterocycles. The first-order chi connectivity index (χ1) is 13.0. The average molecular weight is 391 g/mol. The number of hydrogen-bond acceptors (Lipinski definition) is 4. The SMILES string of the molecule is CCS(=O)(=O)N1CCC(C(=O)NCc2ccc(Cn3cccn3)cc2)CC1. The minimum atomic E-state index is -3.15. The molecule has 1 aliphatic rings. The van der Waals surface area contributed by atoms with E-state index in [4.69, 9.17) is 0 Å². The quantitative estimate of drug-likeness (QED) is 0.778. The number of rotatable bonds is 7. The van der Waals surface area contributed by atoms with Crippen LogP contribution in [0.3, 0.4) is 0 Å². The van der Waals surface area contributed by atoms with Crippen molar-refractivity contribution in [1.82, 2.24) is 19.4 Å². The zero-order chi connectivity index (χ0) is 19.3. The Labute approximate surface area is 160 Å². The molecule has 0 spiro atoms. The summed E-state index contributed by atoms with van der Waals surface area (Å²) >= 11 is 0. The fraction of sp³-hybridized carbons (Fsp3) is 0.474. The van der Waals surface area contributed by atoms with Crippen LogP contribution in [0.4, 0.5) is 0 Å². The molecule has 1 amide bonds. The fourth-order valence-electron chi connectivity index (χ4n) is 3.26. The van der Waals surface area contributed by atoms with Gasteiger partial charge in [-0.3, -0.25) is 9.48 Å². The van der Waals surface area contributed by atoms with Crippen molar-refractivity contribution < 1.29 is 13.2 Å². The summed E-state index contributed by atoms with van der Waals surface area (Å²) in [5.74, 6) is -0.00293. The van der Waals surface area contributed by atoms with E-state index in [0.717, 1.165) is 17.7 Å². The molecule has 1 aromatic heterocycles. The van der Waals surface area contributed by atoms with Crippen molar-refractivity contribution in [3.05, 3.63) is 53.9 Å². The molecule has 2 heterocycles. The van der Waals surface area contributed by atoms with Crippen molar-refractivity contribution in [2.75, 3.05) is 18.8 Å². The highest BCUT2D eigenvalue weighted by molar-refractivity contribution is 7.89. The lowest BCUT2D eigenvalue weighted by molar-refractivity contribution is -0.126. The molecule has 146 valence electrons. The monoisotopic (exact) mass is 390 g/mol. The topological polar surface area (TPSA) is 84.3 Å². The lowest BCUT2D eigenvalue weighted by atomic mass is 9.97. The normalized spacial score (nSPS) is 16.3. The largest absolute Gasteiger partial charge is 0.352 e. The van der Waals surface area contributed by atoms with E-state index in [1.54, 1.807) is 13.1 Å². The molecule has 1 aromatic carbocycles. The predicted octanol–water partition coefficient (Wildman–Crippen LogP) is 1.61. The number of benzene rings is 1. The number of nitrogens with one attached hydrogen (secondary N) is 1. The Bertz CT molecular complexity index is 840. The van der Waals surface area contributed by atoms with Crippen LogP contribution in [0.25, 0.3) is 0 Å². The Kier molecular flexibility index (Phi) is 6.28. The van der Waals surface area contributed by atoms with Crippen LogP contribution in [0.1, 0.15) is 30.9 Å². The maximum absolute atomic E-state index is 12.4. The smallest absolute Gasteiger partial charge is 0.223 e. The van der Waals surface area contributed by atoms with Gasteiger partial charge in [0.15, 0.2) is 0 Å². The molecular weight excluding hydrogens is 364 g/mol. The van der Waals surface area contributed by atoms with Crippen LogP contribution < -0.4 is 5.32 Å². The standard InChI is InChI=1S/C19H26N4O3S/c1-2-27(25,26)23-12-8-18(9-13-23)19(24)20-14-16-4-6-17(7-5-16)15-22-11-3-10-21-22/h3-7,10-11,18H,2,8-9,12-15H2,1H3,(H,20,24). The third-order valence-electron chi connectivity index (χ3n) is 4.98. The summed E-state index contributed by atoms with van der Waals surface area (Å²) in [6.45, 7) is 3.70. The van der Waals surface area contributed by atoms with Crippen LogP contribution in [0.15, 0.2) is 42.7 Å². The summed E-state index contributed by atoms with van der Waals surface area (Å²) in [6.07, 6.45) is 4.83. The van der Waals surface area contributed by atoms with Gasteiger partial charge in [-0.2, -0.15) is 5.10 Å². The van der Waals surface area contributed by atoms with Gasteiger partial charge in [-0.25, -0.2) is 12.7 Å². The second-order valence-electron chi connectivity index (χ2n) is 6.81. The van der Waals surface area contributed by atoms with E-state index < -0.39 is 10.0 Å². The molecule has 1 fully saturated rings. The summed E-state index contributed by atoms with van der Waals surface area (Å²) in [5, 5.41) is 7.17. The van der Waals surface area contributed by atoms with Crippen LogP contribution in [0, 0.1) is 5.92 Å². The maximum atomic E-state index is 12.4. The lowest BCUT2D eigenvalue weighted by Crippen LogP contribution is -2.43. The summed E-state index contributed by atoms with van der Waals surface area (Å²) in [6, 6.07) is 9.99. The molecule has 1 N–H and O–H groups in total. The maximum Gasteiger partial charge on any atom is 0.223 e. The molecule has 1 aliphatic heterocycles. The van der Waals surface area contributed by atoms with Gasteiger partial charge >= 0.3 is 0 Å². The number of amides is 1. The van der Waals surface area contributed by atoms with E-state index >= 15 is 0 Å². The van der Waals surface area contributed by atoms with Gasteiger partial charge < -0.3 is 5.32 Å². The molecule has 0 bridgehead atoms. The van der Waals surface area contributed by atoms with E-state index in [9.17, 15) is 13.2 Å². The van der Waals surface area contributed by atoms with E-state index in [0.29, 0.717) is 32.5 Å². The molecular formula is C19H26N4O3S. The molecule has 0 aliphatic carbocycles. The highest BCUT2D eigenvalue weighted by atomic mass is 32.2. The van der Waals surface area contributed by atoms with Gasteiger partial charge in [0.25, 0.3) is 0 Å². The first kappa shape index (κ1) is 19.6. The van der Waals surface area contributed by atoms with Gasteiger partial charge in [0.2, 0.25) is 15.9 Å². The number of hydrogen-bond donors (Lipinski definition) is 1. The molecule has 8 heteroatoms. The summed E-state index contributed by atoms with van der Waals surface area (Å²) in [7, 11) is -3.15. The van der Waals surface area contributed by atoms with Crippen molar-refractivity contribution >= 4 is 15.9 Å². The minimum Gasteiger partial charge on any atom is -0.352 e. The van der Waals surface area contributed by atoms with Gasteiger partial charge in [0.1, 0.15) is 0 Å². The number of carbonyl (C=O) groups excluding carboxylic acids is 1. The van der Waals surface area contributed by atoms with Crippen molar-refractivity contribution in [3.63, 3.8) is 0 Å². The van der Waals surface area contributed by atoms with Gasteiger partial charge in [0.05, 0.1) is 12.3 Å². The lowest BCUT2D eigenvalue weighted by Gasteiger charge is -2.30. The van der Waals surface area contributed by atoms with Crippen LogP contribution >= 0.6 is 0 Å². The van der Waals surface area contributed by atoms with Crippen molar-refractivity contribution in [2.24, 2.45) is 5.92 Å². The summed E-state index contributed by atoms with van der Waals surface area (Å²) in [4.78, 5) is 12.4. The Hall–Kier alpha value is -2.19. The molecule has 27 heavy (non-hydrogen) atoms. The number of nitrogens with zero attached hydrogens (tertiary/aromatic N) is 3. The number of carbonyl (C=O) groups is 1. The molecule has 7 nitrogen and oxygen atoms in total. The third kappa shape index (κ3) is 5.17.